The van der Waals surface area contributed by atoms with Gasteiger partial charge in [0.05, 0.1) is 45.4 Å². The van der Waals surface area contributed by atoms with Crippen LogP contribution in [0.2, 0.25) is 5.02 Å². The summed E-state index contributed by atoms with van der Waals surface area (Å²) in [7, 11) is 0. The average molecular weight is 956 g/mol. The molecule has 14 nitrogen and oxygen atoms in total. The number of ether oxygens (including phenoxy) is 3. The van der Waals surface area contributed by atoms with Crippen LogP contribution in [0.4, 0.5) is 0 Å². The van der Waals surface area contributed by atoms with Crippen molar-refractivity contribution < 1.29 is 38.5 Å². The number of thiazole rings is 1. The van der Waals surface area contributed by atoms with Crippen LogP contribution in [0, 0.1) is 34.5 Å². The van der Waals surface area contributed by atoms with Crippen LogP contribution in [0.25, 0.3) is 10.4 Å². The summed E-state index contributed by atoms with van der Waals surface area (Å²) in [6, 6.07) is 19.5. The Morgan fingerprint density at radius 3 is 2.24 bits per heavy atom. The van der Waals surface area contributed by atoms with Gasteiger partial charge in [-0.3, -0.25) is 19.2 Å². The van der Waals surface area contributed by atoms with Gasteiger partial charge in [0.25, 0.3) is 5.91 Å². The maximum absolute atomic E-state index is 14.1. The SMILES string of the molecule is Cc1ncsc1-c1ccc([C@@H](C)NC(=O)[C@@H]2C[C@@H](O)CN2C(=O)C(NC(=O)COCCCCOc2ccc(C(=O)N[C@H]3C(C)(C)[C@H](Oc4ccc(C#N)c(Cl)c4)C3(C)C)cc2)C(C)(C)C)cc1. The van der Waals surface area contributed by atoms with E-state index in [0.717, 1.165) is 21.7 Å². The third-order valence-corrected chi connectivity index (χ3v) is 14.1. The predicted octanol–water partition coefficient (Wildman–Crippen LogP) is 7.80. The second-order valence-corrected chi connectivity index (χ2v) is 21.1. The third kappa shape index (κ3) is 12.0. The largest absolute Gasteiger partial charge is 0.494 e. The molecule has 1 aromatic heterocycles. The van der Waals surface area contributed by atoms with Crippen molar-refractivity contribution in [3.63, 3.8) is 0 Å². The average Bonchev–Trinajstić information content (AvgIpc) is 3.90. The van der Waals surface area contributed by atoms with Gasteiger partial charge in [0, 0.05) is 48.1 Å². The van der Waals surface area contributed by atoms with Crippen LogP contribution in [-0.4, -0.2) is 95.3 Å². The molecule has 1 saturated heterocycles. The molecule has 1 aliphatic carbocycles. The number of β-amino-alcohol motifs (C(OH)–C–C–N with tert-alkyl or cyclic N) is 1. The van der Waals surface area contributed by atoms with Crippen molar-refractivity contribution in [2.24, 2.45) is 16.2 Å². The lowest BCUT2D eigenvalue weighted by Crippen LogP contribution is -2.74. The van der Waals surface area contributed by atoms with Gasteiger partial charge < -0.3 is 40.2 Å². The number of aryl methyl sites for hydroxylation is 1. The van der Waals surface area contributed by atoms with E-state index >= 15 is 0 Å². The lowest BCUT2D eigenvalue weighted by Gasteiger charge is -2.63. The number of nitriles is 1. The maximum atomic E-state index is 14.1. The lowest BCUT2D eigenvalue weighted by molar-refractivity contribution is -0.164. The normalized spacial score (nSPS) is 20.4. The summed E-state index contributed by atoms with van der Waals surface area (Å²) in [5.41, 5.74) is 4.08. The van der Waals surface area contributed by atoms with Crippen molar-refractivity contribution in [1.29, 1.82) is 5.26 Å². The molecule has 4 amide bonds. The molecule has 1 aliphatic heterocycles. The Balaban J connectivity index is 0.906. The first-order chi connectivity index (χ1) is 31.6. The Bertz CT molecular complexity index is 2430. The van der Waals surface area contributed by atoms with E-state index in [9.17, 15) is 29.5 Å². The molecule has 3 aromatic carbocycles. The van der Waals surface area contributed by atoms with Crippen LogP contribution in [0.15, 0.2) is 72.2 Å². The first-order valence-electron chi connectivity index (χ1n) is 22.7. The molecule has 0 radical (unpaired) electrons. The number of hydrogen-bond donors (Lipinski definition) is 4. The fraction of sp³-hybridized carbons (Fsp3) is 0.490. The van der Waals surface area contributed by atoms with Crippen LogP contribution >= 0.6 is 22.9 Å². The van der Waals surface area contributed by atoms with E-state index in [2.05, 4.69) is 54.7 Å². The predicted molar refractivity (Wildman–Crippen MR) is 258 cm³/mol. The maximum Gasteiger partial charge on any atom is 0.251 e. The third-order valence-electron chi connectivity index (χ3n) is 12.8. The van der Waals surface area contributed by atoms with Crippen molar-refractivity contribution in [1.82, 2.24) is 25.8 Å². The Morgan fingerprint density at radius 2 is 1.63 bits per heavy atom. The van der Waals surface area contributed by atoms with Crippen molar-refractivity contribution in [3.8, 4) is 28.0 Å². The lowest BCUT2D eigenvalue weighted by atomic mass is 9.49. The highest BCUT2D eigenvalue weighted by Crippen LogP contribution is 2.55. The minimum atomic E-state index is -0.972. The Kier molecular flexibility index (Phi) is 16.1. The zero-order chi connectivity index (χ0) is 48.8. The van der Waals surface area contributed by atoms with Gasteiger partial charge >= 0.3 is 0 Å². The summed E-state index contributed by atoms with van der Waals surface area (Å²) in [4.78, 5) is 61.0. The topological polar surface area (TPSA) is 192 Å². The molecule has 0 spiro atoms. The van der Waals surface area contributed by atoms with Crippen LogP contribution in [-0.2, 0) is 19.1 Å². The van der Waals surface area contributed by atoms with E-state index in [1.54, 1.807) is 53.8 Å². The number of carbonyl (C=O) groups excluding carboxylic acids is 4. The number of rotatable bonds is 18. The first kappa shape index (κ1) is 50.9. The fourth-order valence-electron chi connectivity index (χ4n) is 9.39. The molecule has 2 aliphatic rings. The standard InChI is InChI=1S/C51H63ClN6O8S/c1-30(32-12-14-33(15-13-32)42-31(2)54-29-67-42)55-45(62)40-24-36(59)27-58(40)46(63)43(49(3,4)5)56-41(60)28-64-22-10-11-23-65-37-19-16-34(17-20-37)44(61)57-47-50(6,7)48(51(47,8)9)66-38-21-18-35(26-53)39(52)25-38/h12-21,25,29-30,36,40,43,47-48,59H,10-11,22-24,27-28H2,1-9H3,(H,55,62)(H,56,60)(H,57,61)/t30-,36-,40+,43?,47-,48-/m1/s1. The molecule has 358 valence electrons. The van der Waals surface area contributed by atoms with Crippen molar-refractivity contribution in [3.05, 3.63) is 99.6 Å². The van der Waals surface area contributed by atoms with Gasteiger partial charge in [0.2, 0.25) is 17.7 Å². The van der Waals surface area contributed by atoms with Gasteiger partial charge in [0.1, 0.15) is 42.4 Å². The van der Waals surface area contributed by atoms with E-state index in [-0.39, 0.29) is 56.2 Å². The van der Waals surface area contributed by atoms with Gasteiger partial charge in [-0.15, -0.1) is 11.3 Å². The molecule has 16 heteroatoms. The van der Waals surface area contributed by atoms with Crippen LogP contribution in [0.3, 0.4) is 0 Å². The summed E-state index contributed by atoms with van der Waals surface area (Å²) in [6.07, 6.45) is 0.242. The smallest absolute Gasteiger partial charge is 0.251 e. The molecule has 4 aromatic rings. The summed E-state index contributed by atoms with van der Waals surface area (Å²) in [5, 5.41) is 29.2. The Hall–Kier alpha value is -5.53. The van der Waals surface area contributed by atoms with Crippen LogP contribution in [0.5, 0.6) is 11.5 Å². The summed E-state index contributed by atoms with van der Waals surface area (Å²) in [5.74, 6) is -0.313. The molecule has 2 heterocycles. The fourth-order valence-corrected chi connectivity index (χ4v) is 10.4. The van der Waals surface area contributed by atoms with E-state index in [0.29, 0.717) is 47.1 Å². The highest BCUT2D eigenvalue weighted by atomic mass is 35.5. The minimum Gasteiger partial charge on any atom is -0.494 e. The molecular formula is C51H63ClN6O8S. The highest BCUT2D eigenvalue weighted by Gasteiger charge is 2.64. The molecule has 0 bridgehead atoms. The summed E-state index contributed by atoms with van der Waals surface area (Å²) >= 11 is 7.80. The van der Waals surface area contributed by atoms with Gasteiger partial charge in [-0.1, -0.05) is 84.3 Å². The molecule has 1 saturated carbocycles. The van der Waals surface area contributed by atoms with E-state index in [1.807, 2.05) is 64.4 Å². The van der Waals surface area contributed by atoms with Crippen molar-refractivity contribution in [2.45, 2.75) is 118 Å². The molecule has 2 fully saturated rings. The zero-order valence-corrected chi connectivity index (χ0v) is 41.3. The summed E-state index contributed by atoms with van der Waals surface area (Å²) < 4.78 is 17.9. The first-order valence-corrected chi connectivity index (χ1v) is 23.9. The highest BCUT2D eigenvalue weighted by molar-refractivity contribution is 7.13. The zero-order valence-electron chi connectivity index (χ0n) is 39.8. The number of aliphatic hydroxyl groups excluding tert-OH is 1. The molecular weight excluding hydrogens is 892 g/mol. The van der Waals surface area contributed by atoms with Crippen molar-refractivity contribution in [2.75, 3.05) is 26.4 Å². The number of aromatic nitrogens is 1. The van der Waals surface area contributed by atoms with Gasteiger partial charge in [0.15, 0.2) is 0 Å². The second-order valence-electron chi connectivity index (χ2n) is 19.8. The number of unbranched alkanes of at least 4 members (excludes halogenated alkanes) is 1. The Labute approximate surface area is 402 Å². The number of amides is 4. The van der Waals surface area contributed by atoms with Gasteiger partial charge in [-0.2, -0.15) is 5.26 Å². The number of aliphatic hydroxyl groups is 1. The minimum absolute atomic E-state index is 0.0246. The van der Waals surface area contributed by atoms with Gasteiger partial charge in [-0.05, 0) is 79.6 Å². The second kappa shape index (κ2) is 21.2. The number of halogens is 1. The molecule has 1 unspecified atom stereocenters. The number of carbonyl (C=O) groups is 4. The number of benzene rings is 3. The van der Waals surface area contributed by atoms with Crippen molar-refractivity contribution >= 4 is 46.6 Å². The number of likely N-dealkylation sites (tertiary alicyclic amines) is 1. The van der Waals surface area contributed by atoms with Crippen LogP contribution < -0.4 is 25.4 Å². The number of nitrogens with zero attached hydrogens (tertiary/aromatic N) is 3. The number of hydrogen-bond acceptors (Lipinski definition) is 11. The molecule has 6 rings (SSSR count). The molecule has 4 N–H and O–H groups in total. The molecule has 67 heavy (non-hydrogen) atoms. The van der Waals surface area contributed by atoms with Gasteiger partial charge in [-0.25, -0.2) is 4.98 Å². The Morgan fingerprint density at radius 1 is 0.970 bits per heavy atom. The van der Waals surface area contributed by atoms with E-state index in [4.69, 9.17) is 25.8 Å². The monoisotopic (exact) mass is 954 g/mol. The van der Waals surface area contributed by atoms with E-state index in [1.165, 1.54) is 4.90 Å². The number of nitrogens with one attached hydrogen (secondary N) is 3. The quantitative estimate of drug-likeness (QED) is 0.0716. The molecule has 4 atom stereocenters. The van der Waals surface area contributed by atoms with Crippen LogP contribution in [0.1, 0.15) is 108 Å². The van der Waals surface area contributed by atoms with E-state index < -0.39 is 46.2 Å². The summed E-state index contributed by atoms with van der Waals surface area (Å²) in [6.45, 7) is 18.0.